The van der Waals surface area contributed by atoms with Crippen LogP contribution in [0, 0.1) is 0 Å². The fraction of sp³-hybridized carbons (Fsp3) is 0.263. The van der Waals surface area contributed by atoms with Gasteiger partial charge in [0.05, 0.1) is 18.2 Å². The number of pyridine rings is 3. The van der Waals surface area contributed by atoms with Gasteiger partial charge in [0.1, 0.15) is 17.3 Å². The lowest BCUT2D eigenvalue weighted by molar-refractivity contribution is -0.120. The summed E-state index contributed by atoms with van der Waals surface area (Å²) in [7, 11) is 3.42. The SMILES string of the molecule is CNc1ncc(-c2ncccc2OC)c2cc(C3(C(N)=O)CC3)ncc12. The molecule has 0 bridgehead atoms. The summed E-state index contributed by atoms with van der Waals surface area (Å²) in [6, 6.07) is 5.60. The molecule has 0 radical (unpaired) electrons. The highest BCUT2D eigenvalue weighted by atomic mass is 16.5. The van der Waals surface area contributed by atoms with Gasteiger partial charge in [-0.25, -0.2) is 4.98 Å². The normalized spacial score (nSPS) is 14.8. The summed E-state index contributed by atoms with van der Waals surface area (Å²) in [5.41, 5.74) is 7.18. The van der Waals surface area contributed by atoms with E-state index >= 15 is 0 Å². The number of carbonyl (C=O) groups excluding carboxylic acids is 1. The van der Waals surface area contributed by atoms with Crippen LogP contribution in [0.25, 0.3) is 22.0 Å². The molecule has 3 heterocycles. The highest BCUT2D eigenvalue weighted by molar-refractivity contribution is 6.02. The first kappa shape index (κ1) is 16.3. The zero-order valence-corrected chi connectivity index (χ0v) is 14.6. The Bertz CT molecular complexity index is 1010. The van der Waals surface area contributed by atoms with Gasteiger partial charge in [0.2, 0.25) is 5.91 Å². The number of aromatic nitrogens is 3. The Labute approximate surface area is 150 Å². The molecule has 1 fully saturated rings. The van der Waals surface area contributed by atoms with E-state index in [4.69, 9.17) is 10.5 Å². The fourth-order valence-corrected chi connectivity index (χ4v) is 3.30. The van der Waals surface area contributed by atoms with Crippen LogP contribution in [-0.4, -0.2) is 35.0 Å². The van der Waals surface area contributed by atoms with E-state index in [1.165, 1.54) is 0 Å². The number of hydrogen-bond donors (Lipinski definition) is 2. The van der Waals surface area contributed by atoms with Crippen LogP contribution < -0.4 is 15.8 Å². The molecule has 0 aliphatic heterocycles. The van der Waals surface area contributed by atoms with E-state index in [0.29, 0.717) is 23.0 Å². The van der Waals surface area contributed by atoms with Crippen molar-refractivity contribution in [3.8, 4) is 17.0 Å². The molecule has 1 aliphatic rings. The van der Waals surface area contributed by atoms with Crippen molar-refractivity contribution in [1.82, 2.24) is 15.0 Å². The number of hydrogen-bond acceptors (Lipinski definition) is 6. The molecule has 4 rings (SSSR count). The first-order valence-corrected chi connectivity index (χ1v) is 8.37. The lowest BCUT2D eigenvalue weighted by Crippen LogP contribution is -2.29. The van der Waals surface area contributed by atoms with E-state index in [9.17, 15) is 4.79 Å². The zero-order valence-electron chi connectivity index (χ0n) is 14.6. The molecule has 0 spiro atoms. The number of amides is 1. The van der Waals surface area contributed by atoms with Crippen molar-refractivity contribution in [2.75, 3.05) is 19.5 Å². The minimum absolute atomic E-state index is 0.329. The van der Waals surface area contributed by atoms with Crippen LogP contribution in [0.5, 0.6) is 5.75 Å². The number of fused-ring (bicyclic) bond motifs is 1. The van der Waals surface area contributed by atoms with Crippen LogP contribution in [0.3, 0.4) is 0 Å². The number of nitrogens with one attached hydrogen (secondary N) is 1. The maximum atomic E-state index is 11.9. The van der Waals surface area contributed by atoms with Crippen LogP contribution in [0.4, 0.5) is 5.82 Å². The van der Waals surface area contributed by atoms with E-state index in [2.05, 4.69) is 20.3 Å². The molecule has 26 heavy (non-hydrogen) atoms. The summed E-state index contributed by atoms with van der Waals surface area (Å²) in [5.74, 6) is 1.04. The molecule has 0 atom stereocenters. The van der Waals surface area contributed by atoms with Crippen molar-refractivity contribution >= 4 is 22.5 Å². The summed E-state index contributed by atoms with van der Waals surface area (Å²) in [6.45, 7) is 0. The minimum Gasteiger partial charge on any atom is -0.494 e. The van der Waals surface area contributed by atoms with Crippen molar-refractivity contribution in [2.24, 2.45) is 5.73 Å². The van der Waals surface area contributed by atoms with Gasteiger partial charge >= 0.3 is 0 Å². The molecular formula is C19H19N5O2. The topological polar surface area (TPSA) is 103 Å². The number of nitrogens with two attached hydrogens (primary N) is 1. The molecule has 1 amide bonds. The van der Waals surface area contributed by atoms with Crippen molar-refractivity contribution in [1.29, 1.82) is 0 Å². The number of methoxy groups -OCH3 is 1. The summed E-state index contributed by atoms with van der Waals surface area (Å²) in [4.78, 5) is 25.4. The predicted octanol–water partition coefficient (Wildman–Crippen LogP) is 2.26. The third kappa shape index (κ3) is 2.35. The number of carbonyl (C=O) groups is 1. The Morgan fingerprint density at radius 3 is 2.69 bits per heavy atom. The number of anilines is 1. The molecule has 1 aliphatic carbocycles. The second-order valence-corrected chi connectivity index (χ2v) is 6.39. The maximum Gasteiger partial charge on any atom is 0.229 e. The standard InChI is InChI=1S/C19H19N5O2/c1-21-17-13-10-23-15(19(5-6-19)18(20)25)8-11(13)12(9-24-17)16-14(26-2)4-3-7-22-16/h3-4,7-10H,5-6H2,1-2H3,(H2,20,25)(H,21,24). The van der Waals surface area contributed by atoms with Crippen LogP contribution in [0.2, 0.25) is 0 Å². The summed E-state index contributed by atoms with van der Waals surface area (Å²) in [5, 5.41) is 4.83. The number of rotatable bonds is 5. The summed E-state index contributed by atoms with van der Waals surface area (Å²) in [6.07, 6.45) is 6.67. The van der Waals surface area contributed by atoms with Crippen molar-refractivity contribution in [2.45, 2.75) is 18.3 Å². The molecule has 3 N–H and O–H groups in total. The average Bonchev–Trinajstić information content (AvgIpc) is 3.49. The molecule has 132 valence electrons. The van der Waals surface area contributed by atoms with Crippen molar-refractivity contribution in [3.63, 3.8) is 0 Å². The van der Waals surface area contributed by atoms with Crippen LogP contribution >= 0.6 is 0 Å². The highest BCUT2D eigenvalue weighted by Crippen LogP contribution is 2.48. The van der Waals surface area contributed by atoms with Gasteiger partial charge in [0, 0.05) is 36.6 Å². The molecule has 7 heteroatoms. The first-order valence-electron chi connectivity index (χ1n) is 8.37. The van der Waals surface area contributed by atoms with E-state index in [1.54, 1.807) is 25.7 Å². The Morgan fingerprint density at radius 1 is 1.23 bits per heavy atom. The molecule has 1 saturated carbocycles. The predicted molar refractivity (Wildman–Crippen MR) is 99.0 cm³/mol. The van der Waals surface area contributed by atoms with Gasteiger partial charge in [-0.1, -0.05) is 0 Å². The largest absolute Gasteiger partial charge is 0.494 e. The average molecular weight is 349 g/mol. The number of primary amides is 1. The lowest BCUT2D eigenvalue weighted by Gasteiger charge is -2.15. The Kier molecular flexibility index (Phi) is 3.72. The second kappa shape index (κ2) is 5.94. The summed E-state index contributed by atoms with van der Waals surface area (Å²) < 4.78 is 5.46. The molecule has 0 unspecified atom stereocenters. The number of ether oxygens (including phenoxy) is 1. The second-order valence-electron chi connectivity index (χ2n) is 6.39. The van der Waals surface area contributed by atoms with Gasteiger partial charge in [-0.15, -0.1) is 0 Å². The summed E-state index contributed by atoms with van der Waals surface area (Å²) >= 11 is 0. The maximum absolute atomic E-state index is 11.9. The monoisotopic (exact) mass is 349 g/mol. The highest BCUT2D eigenvalue weighted by Gasteiger charge is 2.51. The van der Waals surface area contributed by atoms with E-state index < -0.39 is 5.41 Å². The van der Waals surface area contributed by atoms with Gasteiger partial charge in [0.15, 0.2) is 0 Å². The van der Waals surface area contributed by atoms with E-state index in [0.717, 1.165) is 29.2 Å². The van der Waals surface area contributed by atoms with Gasteiger partial charge in [-0.05, 0) is 36.4 Å². The lowest BCUT2D eigenvalue weighted by atomic mass is 9.97. The quantitative estimate of drug-likeness (QED) is 0.732. The Morgan fingerprint density at radius 2 is 2.04 bits per heavy atom. The third-order valence-corrected chi connectivity index (χ3v) is 4.97. The molecule has 0 aromatic carbocycles. The smallest absolute Gasteiger partial charge is 0.229 e. The van der Waals surface area contributed by atoms with E-state index in [-0.39, 0.29) is 5.91 Å². The number of nitrogens with zero attached hydrogens (tertiary/aromatic N) is 3. The molecular weight excluding hydrogens is 330 g/mol. The van der Waals surface area contributed by atoms with Crippen LogP contribution in [0.15, 0.2) is 36.8 Å². The van der Waals surface area contributed by atoms with Gasteiger partial charge in [-0.3, -0.25) is 14.8 Å². The molecule has 3 aromatic heterocycles. The molecule has 7 nitrogen and oxygen atoms in total. The van der Waals surface area contributed by atoms with Gasteiger partial charge in [0.25, 0.3) is 0 Å². The van der Waals surface area contributed by atoms with Crippen molar-refractivity contribution < 1.29 is 9.53 Å². The molecule has 0 saturated heterocycles. The minimum atomic E-state index is -0.650. The van der Waals surface area contributed by atoms with Crippen LogP contribution in [-0.2, 0) is 10.2 Å². The first-order chi connectivity index (χ1) is 12.6. The van der Waals surface area contributed by atoms with Gasteiger partial charge in [-0.2, -0.15) is 0 Å². The zero-order chi connectivity index (χ0) is 18.3. The van der Waals surface area contributed by atoms with Crippen molar-refractivity contribution in [3.05, 3.63) is 42.5 Å². The Balaban J connectivity index is 2.00. The molecule has 3 aromatic rings. The van der Waals surface area contributed by atoms with E-state index in [1.807, 2.05) is 25.2 Å². The van der Waals surface area contributed by atoms with Crippen LogP contribution in [0.1, 0.15) is 18.5 Å². The third-order valence-electron chi connectivity index (χ3n) is 4.97. The van der Waals surface area contributed by atoms with Gasteiger partial charge < -0.3 is 15.8 Å². The Hall–Kier alpha value is -3.22. The fourth-order valence-electron chi connectivity index (χ4n) is 3.30.